The smallest absolute Gasteiger partial charge is 0.305 e. The van der Waals surface area contributed by atoms with Gasteiger partial charge in [-0.3, -0.25) is 4.79 Å². The summed E-state index contributed by atoms with van der Waals surface area (Å²) in [5.74, 6) is 0.669. The third kappa shape index (κ3) is 3.34. The van der Waals surface area contributed by atoms with Crippen molar-refractivity contribution in [2.45, 2.75) is 19.4 Å². The van der Waals surface area contributed by atoms with E-state index in [1.54, 1.807) is 6.20 Å². The number of ether oxygens (including phenoxy) is 1. The zero-order chi connectivity index (χ0) is 13.7. The number of hydrogen-bond donors (Lipinski definition) is 1. The summed E-state index contributed by atoms with van der Waals surface area (Å²) < 4.78 is 6.63. The zero-order valence-electron chi connectivity index (χ0n) is 10.9. The number of nitrogen functional groups attached to an aromatic ring is 1. The number of benzene rings is 1. The molecule has 1 heterocycles. The van der Waals surface area contributed by atoms with Gasteiger partial charge in [0.05, 0.1) is 7.11 Å². The van der Waals surface area contributed by atoms with Gasteiger partial charge in [0.1, 0.15) is 5.82 Å². The van der Waals surface area contributed by atoms with Crippen molar-refractivity contribution >= 4 is 11.7 Å². The normalized spacial score (nSPS) is 10.4. The number of carbonyl (C=O) groups excluding carboxylic acids is 1. The predicted octanol–water partition coefficient (Wildman–Crippen LogP) is 2.09. The minimum Gasteiger partial charge on any atom is -0.469 e. The average Bonchev–Trinajstić information content (AvgIpc) is 2.87. The average molecular weight is 259 g/mol. The van der Waals surface area contributed by atoms with Gasteiger partial charge in [-0.2, -0.15) is 0 Å². The number of anilines is 1. The Balaban J connectivity index is 2.08. The fraction of sp³-hybridized carbons (Fsp3) is 0.286. The molecule has 2 rings (SSSR count). The Morgan fingerprint density at radius 2 is 2.32 bits per heavy atom. The van der Waals surface area contributed by atoms with Crippen LogP contribution in [-0.4, -0.2) is 22.6 Å². The second-order valence-electron chi connectivity index (χ2n) is 4.25. The molecule has 1 aromatic heterocycles. The van der Waals surface area contributed by atoms with Crippen molar-refractivity contribution in [1.82, 2.24) is 9.55 Å². The molecule has 2 N–H and O–H groups in total. The van der Waals surface area contributed by atoms with Gasteiger partial charge in [-0.1, -0.05) is 12.1 Å². The van der Waals surface area contributed by atoms with Gasteiger partial charge in [0.15, 0.2) is 0 Å². The lowest BCUT2D eigenvalue weighted by Gasteiger charge is -2.08. The second kappa shape index (κ2) is 6.04. The van der Waals surface area contributed by atoms with E-state index in [2.05, 4.69) is 9.72 Å². The lowest BCUT2D eigenvalue weighted by atomic mass is 10.2. The summed E-state index contributed by atoms with van der Waals surface area (Å²) in [6.45, 7) is 0.721. The van der Waals surface area contributed by atoms with E-state index in [0.29, 0.717) is 12.1 Å². The van der Waals surface area contributed by atoms with E-state index in [9.17, 15) is 4.79 Å². The van der Waals surface area contributed by atoms with Gasteiger partial charge < -0.3 is 15.0 Å². The highest BCUT2D eigenvalue weighted by atomic mass is 16.5. The number of aryl methyl sites for hydroxylation is 1. The molecule has 0 aliphatic carbocycles. The van der Waals surface area contributed by atoms with Crippen molar-refractivity contribution in [3.05, 3.63) is 36.7 Å². The van der Waals surface area contributed by atoms with Crippen LogP contribution in [0.15, 0.2) is 36.7 Å². The number of esters is 1. The van der Waals surface area contributed by atoms with Crippen LogP contribution in [0.5, 0.6) is 0 Å². The molecule has 0 radical (unpaired) electrons. The highest BCUT2D eigenvalue weighted by Gasteiger charge is 2.07. The van der Waals surface area contributed by atoms with Crippen LogP contribution in [0.2, 0.25) is 0 Å². The van der Waals surface area contributed by atoms with Crippen LogP contribution in [0.3, 0.4) is 0 Å². The third-order valence-corrected chi connectivity index (χ3v) is 2.87. The second-order valence-corrected chi connectivity index (χ2v) is 4.25. The molecule has 0 unspecified atom stereocenters. The number of nitrogens with two attached hydrogens (primary N) is 1. The molecule has 0 atom stereocenters. The highest BCUT2D eigenvalue weighted by Crippen LogP contribution is 2.20. The first-order chi connectivity index (χ1) is 9.20. The largest absolute Gasteiger partial charge is 0.469 e. The van der Waals surface area contributed by atoms with Crippen molar-refractivity contribution < 1.29 is 9.53 Å². The molecule has 0 aliphatic rings. The minimum atomic E-state index is -0.189. The lowest BCUT2D eigenvalue weighted by molar-refractivity contribution is -0.140. The van der Waals surface area contributed by atoms with Crippen molar-refractivity contribution in [3.8, 4) is 11.4 Å². The quantitative estimate of drug-likeness (QED) is 0.659. The SMILES string of the molecule is COC(=O)CCCn1ccnc1-c1cccc(N)c1. The van der Waals surface area contributed by atoms with E-state index in [1.165, 1.54) is 7.11 Å². The van der Waals surface area contributed by atoms with E-state index >= 15 is 0 Å². The summed E-state index contributed by atoms with van der Waals surface area (Å²) in [5, 5.41) is 0. The van der Waals surface area contributed by atoms with E-state index in [4.69, 9.17) is 5.73 Å². The van der Waals surface area contributed by atoms with Crippen molar-refractivity contribution in [2.75, 3.05) is 12.8 Å². The number of nitrogens with zero attached hydrogens (tertiary/aromatic N) is 2. The topological polar surface area (TPSA) is 70.1 Å². The molecule has 19 heavy (non-hydrogen) atoms. The number of methoxy groups -OCH3 is 1. The maximum absolute atomic E-state index is 11.1. The number of hydrogen-bond acceptors (Lipinski definition) is 4. The summed E-state index contributed by atoms with van der Waals surface area (Å²) in [6.07, 6.45) is 4.77. The fourth-order valence-electron chi connectivity index (χ4n) is 1.92. The molecule has 100 valence electrons. The summed E-state index contributed by atoms with van der Waals surface area (Å²) in [5.41, 5.74) is 7.46. The van der Waals surface area contributed by atoms with Gasteiger partial charge in [-0.05, 0) is 18.6 Å². The molecular weight excluding hydrogens is 242 g/mol. The highest BCUT2D eigenvalue weighted by molar-refractivity contribution is 5.69. The minimum absolute atomic E-state index is 0.189. The first-order valence-corrected chi connectivity index (χ1v) is 6.14. The third-order valence-electron chi connectivity index (χ3n) is 2.87. The Kier molecular flexibility index (Phi) is 4.18. The maximum atomic E-state index is 11.1. The molecule has 0 saturated carbocycles. The molecule has 5 heteroatoms. The molecule has 2 aromatic rings. The van der Waals surface area contributed by atoms with Gasteiger partial charge >= 0.3 is 5.97 Å². The van der Waals surface area contributed by atoms with Crippen molar-refractivity contribution in [3.63, 3.8) is 0 Å². The molecule has 0 aliphatic heterocycles. The molecule has 0 saturated heterocycles. The summed E-state index contributed by atoms with van der Waals surface area (Å²) >= 11 is 0. The molecule has 0 spiro atoms. The standard InChI is InChI=1S/C14H17N3O2/c1-19-13(18)6-3-8-17-9-7-16-14(17)11-4-2-5-12(15)10-11/h2,4-5,7,9-10H,3,6,8,15H2,1H3. The van der Waals surface area contributed by atoms with E-state index < -0.39 is 0 Å². The molecule has 5 nitrogen and oxygen atoms in total. The van der Waals surface area contributed by atoms with Gasteiger partial charge in [-0.25, -0.2) is 4.98 Å². The van der Waals surface area contributed by atoms with Gasteiger partial charge in [-0.15, -0.1) is 0 Å². The van der Waals surface area contributed by atoms with Crippen LogP contribution < -0.4 is 5.73 Å². The predicted molar refractivity (Wildman–Crippen MR) is 73.3 cm³/mol. The van der Waals surface area contributed by atoms with E-state index in [0.717, 1.165) is 24.4 Å². The first-order valence-electron chi connectivity index (χ1n) is 6.14. The Morgan fingerprint density at radius 3 is 3.05 bits per heavy atom. The monoisotopic (exact) mass is 259 g/mol. The van der Waals surface area contributed by atoms with Crippen LogP contribution in [0.4, 0.5) is 5.69 Å². The van der Waals surface area contributed by atoms with Crippen LogP contribution in [0.25, 0.3) is 11.4 Å². The van der Waals surface area contributed by atoms with Crippen LogP contribution in [0, 0.1) is 0 Å². The van der Waals surface area contributed by atoms with Gasteiger partial charge in [0.2, 0.25) is 0 Å². The Bertz CT molecular complexity index is 563. The van der Waals surface area contributed by atoms with Crippen LogP contribution in [-0.2, 0) is 16.1 Å². The summed E-state index contributed by atoms with van der Waals surface area (Å²) in [6, 6.07) is 7.60. The molecule has 1 aromatic carbocycles. The Labute approximate surface area is 112 Å². The van der Waals surface area contributed by atoms with Crippen LogP contribution in [0.1, 0.15) is 12.8 Å². The Morgan fingerprint density at radius 1 is 1.47 bits per heavy atom. The fourth-order valence-corrected chi connectivity index (χ4v) is 1.92. The number of aromatic nitrogens is 2. The zero-order valence-corrected chi connectivity index (χ0v) is 10.9. The van der Waals surface area contributed by atoms with Crippen LogP contribution >= 0.6 is 0 Å². The van der Waals surface area contributed by atoms with E-state index in [1.807, 2.05) is 35.0 Å². The lowest BCUT2D eigenvalue weighted by Crippen LogP contribution is -2.05. The maximum Gasteiger partial charge on any atom is 0.305 e. The molecule has 0 bridgehead atoms. The number of rotatable bonds is 5. The molecular formula is C14H17N3O2. The first kappa shape index (κ1) is 13.1. The number of carbonyl (C=O) groups is 1. The van der Waals surface area contributed by atoms with E-state index in [-0.39, 0.29) is 5.97 Å². The Hall–Kier alpha value is -2.30. The number of imidazole rings is 1. The van der Waals surface area contributed by atoms with Gasteiger partial charge in [0, 0.05) is 36.6 Å². The summed E-state index contributed by atoms with van der Waals surface area (Å²) in [4.78, 5) is 15.4. The van der Waals surface area contributed by atoms with Crippen molar-refractivity contribution in [2.24, 2.45) is 0 Å². The summed E-state index contributed by atoms with van der Waals surface area (Å²) in [7, 11) is 1.40. The molecule has 0 fully saturated rings. The molecule has 0 amide bonds. The van der Waals surface area contributed by atoms with Gasteiger partial charge in [0.25, 0.3) is 0 Å². The van der Waals surface area contributed by atoms with Crippen molar-refractivity contribution in [1.29, 1.82) is 0 Å².